The molecule has 2 aliphatic heterocycles. The van der Waals surface area contributed by atoms with Crippen LogP contribution in [0, 0.1) is 0 Å². The summed E-state index contributed by atoms with van der Waals surface area (Å²) in [7, 11) is 0. The Bertz CT molecular complexity index is 970. The molecule has 2 aromatic rings. The summed E-state index contributed by atoms with van der Waals surface area (Å²) in [6, 6.07) is 10.2. The molecule has 3 aliphatic rings. The lowest BCUT2D eigenvalue weighted by molar-refractivity contribution is -0.134. The number of hydrogen-bond acceptors (Lipinski definition) is 3. The van der Waals surface area contributed by atoms with Crippen molar-refractivity contribution in [3.05, 3.63) is 36.0 Å². The number of para-hydroxylation sites is 1. The summed E-state index contributed by atoms with van der Waals surface area (Å²) in [6.45, 7) is 3.60. The Labute approximate surface area is 183 Å². The molecule has 1 N–H and O–H groups in total. The highest BCUT2D eigenvalue weighted by Crippen LogP contribution is 2.34. The summed E-state index contributed by atoms with van der Waals surface area (Å²) < 4.78 is 7.90. The molecule has 1 saturated heterocycles. The number of benzene rings is 1. The van der Waals surface area contributed by atoms with E-state index in [9.17, 15) is 9.59 Å². The molecule has 5 rings (SSSR count). The van der Waals surface area contributed by atoms with E-state index in [4.69, 9.17) is 4.74 Å². The molecule has 1 saturated carbocycles. The number of rotatable bonds is 4. The van der Waals surface area contributed by atoms with Crippen molar-refractivity contribution in [1.82, 2.24) is 14.8 Å². The average molecular weight is 424 g/mol. The van der Waals surface area contributed by atoms with Crippen LogP contribution in [0.4, 0.5) is 0 Å². The zero-order valence-corrected chi connectivity index (χ0v) is 18.4. The maximum Gasteiger partial charge on any atom is 0.271 e. The first-order chi connectivity index (χ1) is 15.1. The normalized spacial score (nSPS) is 27.3. The third kappa shape index (κ3) is 3.75. The van der Waals surface area contributed by atoms with Gasteiger partial charge in [0.25, 0.3) is 5.91 Å². The first kappa shape index (κ1) is 20.6. The van der Waals surface area contributed by atoms with Crippen LogP contribution in [-0.4, -0.2) is 52.1 Å². The second kappa shape index (κ2) is 8.30. The minimum atomic E-state index is -0.940. The third-order valence-electron chi connectivity index (χ3n) is 7.43. The van der Waals surface area contributed by atoms with Gasteiger partial charge in [-0.2, -0.15) is 0 Å². The zero-order chi connectivity index (χ0) is 21.4. The van der Waals surface area contributed by atoms with Crippen LogP contribution in [0.15, 0.2) is 30.3 Å². The largest absolute Gasteiger partial charge is 0.376 e. The van der Waals surface area contributed by atoms with Crippen molar-refractivity contribution in [1.29, 1.82) is 0 Å². The van der Waals surface area contributed by atoms with E-state index in [1.165, 1.54) is 12.8 Å². The quantitative estimate of drug-likeness (QED) is 0.760. The SMILES string of the molecule is C[C@@]1(C(=O)NC2CCCCCC2)Cn2c(cc3ccccc32)C(=O)N1C[C@H]1CCCO1. The molecule has 1 aromatic heterocycles. The van der Waals surface area contributed by atoms with Gasteiger partial charge in [0.05, 0.1) is 12.6 Å². The fourth-order valence-electron chi connectivity index (χ4n) is 5.55. The Balaban J connectivity index is 1.49. The highest BCUT2D eigenvalue weighted by atomic mass is 16.5. The number of aromatic nitrogens is 1. The van der Waals surface area contributed by atoms with E-state index >= 15 is 0 Å². The summed E-state index contributed by atoms with van der Waals surface area (Å²) in [4.78, 5) is 29.2. The van der Waals surface area contributed by atoms with Gasteiger partial charge in [-0.05, 0) is 44.7 Å². The highest BCUT2D eigenvalue weighted by Gasteiger charge is 2.49. The minimum absolute atomic E-state index is 0.00452. The number of hydrogen-bond donors (Lipinski definition) is 1. The van der Waals surface area contributed by atoms with Crippen LogP contribution in [0.3, 0.4) is 0 Å². The first-order valence-corrected chi connectivity index (χ1v) is 11.9. The van der Waals surface area contributed by atoms with E-state index in [1.807, 2.05) is 41.8 Å². The zero-order valence-electron chi connectivity index (χ0n) is 18.4. The number of fused-ring (bicyclic) bond motifs is 3. The molecule has 3 heterocycles. The van der Waals surface area contributed by atoms with Crippen LogP contribution in [-0.2, 0) is 16.1 Å². The van der Waals surface area contributed by atoms with Gasteiger partial charge in [-0.25, -0.2) is 0 Å². The molecule has 0 spiro atoms. The Morgan fingerprint density at radius 3 is 2.65 bits per heavy atom. The lowest BCUT2D eigenvalue weighted by Crippen LogP contribution is -2.66. The number of nitrogens with one attached hydrogen (secondary N) is 1. The van der Waals surface area contributed by atoms with Gasteiger partial charge in [-0.1, -0.05) is 43.9 Å². The van der Waals surface area contributed by atoms with Crippen molar-refractivity contribution in [2.24, 2.45) is 0 Å². The maximum absolute atomic E-state index is 13.7. The molecule has 6 nitrogen and oxygen atoms in total. The average Bonchev–Trinajstić information content (AvgIpc) is 3.33. The summed E-state index contributed by atoms with van der Waals surface area (Å²) >= 11 is 0. The molecule has 0 unspecified atom stereocenters. The van der Waals surface area contributed by atoms with Crippen molar-refractivity contribution in [3.63, 3.8) is 0 Å². The Morgan fingerprint density at radius 2 is 1.90 bits per heavy atom. The van der Waals surface area contributed by atoms with E-state index < -0.39 is 5.54 Å². The lowest BCUT2D eigenvalue weighted by atomic mass is 9.93. The van der Waals surface area contributed by atoms with E-state index in [2.05, 4.69) is 5.32 Å². The maximum atomic E-state index is 13.7. The van der Waals surface area contributed by atoms with E-state index in [0.717, 1.165) is 56.0 Å². The van der Waals surface area contributed by atoms with Crippen LogP contribution < -0.4 is 5.32 Å². The smallest absolute Gasteiger partial charge is 0.271 e. The van der Waals surface area contributed by atoms with Gasteiger partial charge in [0, 0.05) is 30.1 Å². The highest BCUT2D eigenvalue weighted by molar-refractivity contribution is 6.03. The van der Waals surface area contributed by atoms with E-state index in [0.29, 0.717) is 18.8 Å². The Morgan fingerprint density at radius 1 is 1.13 bits per heavy atom. The second-order valence-electron chi connectivity index (χ2n) is 9.66. The fourth-order valence-corrected chi connectivity index (χ4v) is 5.55. The Hall–Kier alpha value is -2.34. The molecule has 166 valence electrons. The molecule has 6 heteroatoms. The lowest BCUT2D eigenvalue weighted by Gasteiger charge is -2.45. The number of ether oxygens (including phenoxy) is 1. The monoisotopic (exact) mass is 423 g/mol. The molecule has 31 heavy (non-hydrogen) atoms. The fraction of sp³-hybridized carbons (Fsp3) is 0.600. The van der Waals surface area contributed by atoms with Gasteiger partial charge in [-0.15, -0.1) is 0 Å². The van der Waals surface area contributed by atoms with Gasteiger partial charge in [-0.3, -0.25) is 9.59 Å². The van der Waals surface area contributed by atoms with Gasteiger partial charge in [0.15, 0.2) is 0 Å². The van der Waals surface area contributed by atoms with Crippen LogP contribution in [0.2, 0.25) is 0 Å². The van der Waals surface area contributed by atoms with Crippen molar-refractivity contribution in [3.8, 4) is 0 Å². The van der Waals surface area contributed by atoms with Gasteiger partial charge in [0.2, 0.25) is 5.91 Å². The molecule has 0 radical (unpaired) electrons. The van der Waals surface area contributed by atoms with Crippen LogP contribution in [0.1, 0.15) is 68.8 Å². The number of carbonyl (C=O) groups excluding carboxylic acids is 2. The molecule has 1 aliphatic carbocycles. The number of nitrogens with zero attached hydrogens (tertiary/aromatic N) is 2. The number of amides is 2. The minimum Gasteiger partial charge on any atom is -0.376 e. The van der Waals surface area contributed by atoms with Crippen molar-refractivity contribution in [2.45, 2.75) is 82.5 Å². The molecule has 0 bridgehead atoms. The topological polar surface area (TPSA) is 63.6 Å². The second-order valence-corrected chi connectivity index (χ2v) is 9.66. The van der Waals surface area contributed by atoms with E-state index in [1.54, 1.807) is 4.90 Å². The van der Waals surface area contributed by atoms with Crippen LogP contribution >= 0.6 is 0 Å². The van der Waals surface area contributed by atoms with Crippen LogP contribution in [0.5, 0.6) is 0 Å². The predicted octanol–water partition coefficient (Wildman–Crippen LogP) is 3.87. The van der Waals surface area contributed by atoms with Gasteiger partial charge >= 0.3 is 0 Å². The van der Waals surface area contributed by atoms with Crippen molar-refractivity contribution < 1.29 is 14.3 Å². The van der Waals surface area contributed by atoms with Gasteiger partial charge < -0.3 is 19.5 Å². The predicted molar refractivity (Wildman–Crippen MR) is 120 cm³/mol. The van der Waals surface area contributed by atoms with Crippen LogP contribution in [0.25, 0.3) is 10.9 Å². The molecule has 2 atom stereocenters. The van der Waals surface area contributed by atoms with Crippen molar-refractivity contribution in [2.75, 3.05) is 13.2 Å². The standard InChI is InChI=1S/C25H33N3O3/c1-25(24(30)26-19-10-4-2-3-5-11-19)17-27-21-13-7-6-9-18(21)15-22(27)23(29)28(25)16-20-12-8-14-31-20/h6-7,9,13,15,19-20H,2-5,8,10-12,14,16-17H2,1H3,(H,26,30)/t20-,25+/m1/s1. The summed E-state index contributed by atoms with van der Waals surface area (Å²) in [5.74, 6) is -0.106. The molecular weight excluding hydrogens is 390 g/mol. The number of carbonyl (C=O) groups is 2. The molecular formula is C25H33N3O3. The van der Waals surface area contributed by atoms with E-state index in [-0.39, 0.29) is 24.0 Å². The van der Waals surface area contributed by atoms with Crippen molar-refractivity contribution >= 4 is 22.7 Å². The van der Waals surface area contributed by atoms with Gasteiger partial charge in [0.1, 0.15) is 11.2 Å². The summed E-state index contributed by atoms with van der Waals surface area (Å²) in [6.07, 6.45) is 8.81. The first-order valence-electron chi connectivity index (χ1n) is 11.9. The molecule has 2 fully saturated rings. The summed E-state index contributed by atoms with van der Waals surface area (Å²) in [5.41, 5.74) is 0.736. The molecule has 2 amide bonds. The molecule has 1 aromatic carbocycles. The Kier molecular flexibility index (Phi) is 5.51. The summed E-state index contributed by atoms with van der Waals surface area (Å²) in [5, 5.41) is 4.37. The third-order valence-corrected chi connectivity index (χ3v) is 7.43.